The van der Waals surface area contributed by atoms with E-state index in [0.717, 1.165) is 24.2 Å². The highest BCUT2D eigenvalue weighted by Crippen LogP contribution is 2.13. The van der Waals surface area contributed by atoms with Crippen LogP contribution in [0.15, 0.2) is 18.5 Å². The number of nitrogens with zero attached hydrogens (tertiary/aromatic N) is 3. The third kappa shape index (κ3) is 5.18. The zero-order valence-corrected chi connectivity index (χ0v) is 14.5. The molecule has 1 aliphatic rings. The summed E-state index contributed by atoms with van der Waals surface area (Å²) in [7, 11) is 0. The van der Waals surface area contributed by atoms with Crippen LogP contribution in [0.2, 0.25) is 0 Å². The van der Waals surface area contributed by atoms with Gasteiger partial charge in [0.05, 0.1) is 5.60 Å². The van der Waals surface area contributed by atoms with Crippen LogP contribution in [0, 0.1) is 6.92 Å². The highest BCUT2D eigenvalue weighted by molar-refractivity contribution is 5.74. The largest absolute Gasteiger partial charge is 0.389 e. The maximum Gasteiger partial charge on any atom is 0.317 e. The van der Waals surface area contributed by atoms with Crippen LogP contribution >= 0.6 is 0 Å². The summed E-state index contributed by atoms with van der Waals surface area (Å²) in [6.07, 6.45) is 3.55. The number of urea groups is 1. The lowest BCUT2D eigenvalue weighted by Gasteiger charge is -2.41. The van der Waals surface area contributed by atoms with E-state index in [4.69, 9.17) is 0 Å². The molecule has 2 rings (SSSR count). The van der Waals surface area contributed by atoms with Gasteiger partial charge in [-0.3, -0.25) is 9.88 Å². The van der Waals surface area contributed by atoms with Crippen molar-refractivity contribution in [3.8, 4) is 0 Å². The van der Waals surface area contributed by atoms with Crippen LogP contribution in [-0.2, 0) is 6.54 Å². The maximum absolute atomic E-state index is 12.4. The van der Waals surface area contributed by atoms with Gasteiger partial charge in [0, 0.05) is 51.2 Å². The average molecular weight is 320 g/mol. The van der Waals surface area contributed by atoms with Crippen molar-refractivity contribution in [1.29, 1.82) is 0 Å². The number of aromatic nitrogens is 1. The third-order valence-electron chi connectivity index (χ3n) is 4.15. The van der Waals surface area contributed by atoms with E-state index in [9.17, 15) is 9.90 Å². The summed E-state index contributed by atoms with van der Waals surface area (Å²) < 4.78 is 0. The third-order valence-corrected chi connectivity index (χ3v) is 4.15. The summed E-state index contributed by atoms with van der Waals surface area (Å²) in [5, 5.41) is 12.9. The van der Waals surface area contributed by atoms with Crippen molar-refractivity contribution in [2.24, 2.45) is 0 Å². The number of pyridine rings is 1. The van der Waals surface area contributed by atoms with Gasteiger partial charge in [0.2, 0.25) is 0 Å². The van der Waals surface area contributed by atoms with Gasteiger partial charge in [0.25, 0.3) is 0 Å². The van der Waals surface area contributed by atoms with E-state index in [1.807, 2.05) is 38.7 Å². The fraction of sp³-hybridized carbons (Fsp3) is 0.647. The molecule has 0 saturated carbocycles. The van der Waals surface area contributed by atoms with Gasteiger partial charge in [0.15, 0.2) is 0 Å². The van der Waals surface area contributed by atoms with E-state index in [0.29, 0.717) is 19.6 Å². The van der Waals surface area contributed by atoms with Crippen molar-refractivity contribution in [2.45, 2.75) is 45.9 Å². The Morgan fingerprint density at radius 1 is 1.48 bits per heavy atom. The van der Waals surface area contributed by atoms with Gasteiger partial charge in [0.1, 0.15) is 0 Å². The molecule has 1 fully saturated rings. The summed E-state index contributed by atoms with van der Waals surface area (Å²) in [5.41, 5.74) is 1.46. The summed E-state index contributed by atoms with van der Waals surface area (Å²) in [4.78, 5) is 20.6. The van der Waals surface area contributed by atoms with Gasteiger partial charge in [-0.1, -0.05) is 0 Å². The summed E-state index contributed by atoms with van der Waals surface area (Å²) in [6, 6.07) is 2.03. The van der Waals surface area contributed by atoms with Crippen LogP contribution < -0.4 is 5.32 Å². The Kier molecular flexibility index (Phi) is 5.59. The first-order valence-electron chi connectivity index (χ1n) is 8.15. The van der Waals surface area contributed by atoms with E-state index in [1.54, 1.807) is 12.4 Å². The SMILES string of the molecule is Cc1cnccc1CNC(=O)N1CCN(CC(C)(C)O)C[C@@H]1C. The molecule has 1 aliphatic heterocycles. The molecule has 0 aliphatic carbocycles. The molecule has 0 bridgehead atoms. The smallest absolute Gasteiger partial charge is 0.317 e. The molecular formula is C17H28N4O2. The second-order valence-corrected chi connectivity index (χ2v) is 7.05. The molecule has 1 saturated heterocycles. The molecule has 1 aromatic heterocycles. The van der Waals surface area contributed by atoms with Crippen LogP contribution in [0.5, 0.6) is 0 Å². The van der Waals surface area contributed by atoms with Crippen molar-refractivity contribution in [2.75, 3.05) is 26.2 Å². The second kappa shape index (κ2) is 7.27. The lowest BCUT2D eigenvalue weighted by atomic mass is 10.1. The highest BCUT2D eigenvalue weighted by atomic mass is 16.3. The maximum atomic E-state index is 12.4. The van der Waals surface area contributed by atoms with Crippen LogP contribution in [0.4, 0.5) is 4.79 Å². The molecule has 0 aromatic carbocycles. The lowest BCUT2D eigenvalue weighted by Crippen LogP contribution is -2.58. The minimum atomic E-state index is -0.705. The molecule has 2 heterocycles. The first-order valence-corrected chi connectivity index (χ1v) is 8.15. The van der Waals surface area contributed by atoms with E-state index >= 15 is 0 Å². The summed E-state index contributed by atoms with van der Waals surface area (Å²) >= 11 is 0. The number of hydrogen-bond acceptors (Lipinski definition) is 4. The van der Waals surface area contributed by atoms with Gasteiger partial charge in [-0.05, 0) is 44.9 Å². The Morgan fingerprint density at radius 2 is 2.22 bits per heavy atom. The van der Waals surface area contributed by atoms with E-state index in [2.05, 4.69) is 15.2 Å². The minimum Gasteiger partial charge on any atom is -0.389 e. The van der Waals surface area contributed by atoms with Gasteiger partial charge < -0.3 is 15.3 Å². The Labute approximate surface area is 138 Å². The Balaban J connectivity index is 1.85. The quantitative estimate of drug-likeness (QED) is 0.879. The molecule has 2 amide bonds. The fourth-order valence-corrected chi connectivity index (χ4v) is 3.00. The van der Waals surface area contributed by atoms with Crippen molar-refractivity contribution in [1.82, 2.24) is 20.1 Å². The number of β-amino-alcohol motifs (C(OH)–C–C–N with tert-alkyl or cyclic N) is 1. The molecule has 23 heavy (non-hydrogen) atoms. The number of amides is 2. The molecule has 128 valence electrons. The molecule has 6 nitrogen and oxygen atoms in total. The molecular weight excluding hydrogens is 292 g/mol. The van der Waals surface area contributed by atoms with Crippen molar-refractivity contribution < 1.29 is 9.90 Å². The number of nitrogens with one attached hydrogen (secondary N) is 1. The van der Waals surface area contributed by atoms with Crippen LogP contribution in [-0.4, -0.2) is 63.7 Å². The average Bonchev–Trinajstić information content (AvgIpc) is 2.44. The number of piperazine rings is 1. The van der Waals surface area contributed by atoms with E-state index in [-0.39, 0.29) is 12.1 Å². The summed E-state index contributed by atoms with van der Waals surface area (Å²) in [6.45, 7) is 11.1. The molecule has 1 aromatic rings. The van der Waals surface area contributed by atoms with Gasteiger partial charge in [-0.15, -0.1) is 0 Å². The van der Waals surface area contributed by atoms with Crippen LogP contribution in [0.3, 0.4) is 0 Å². The first-order chi connectivity index (χ1) is 10.8. The second-order valence-electron chi connectivity index (χ2n) is 7.05. The first kappa shape index (κ1) is 17.7. The van der Waals surface area contributed by atoms with Crippen LogP contribution in [0.25, 0.3) is 0 Å². The number of hydrogen-bond donors (Lipinski definition) is 2. The molecule has 6 heteroatoms. The molecule has 0 radical (unpaired) electrons. The van der Waals surface area contributed by atoms with Crippen molar-refractivity contribution >= 4 is 6.03 Å². The van der Waals surface area contributed by atoms with Gasteiger partial charge in [-0.25, -0.2) is 4.79 Å². The predicted molar refractivity (Wildman–Crippen MR) is 90.1 cm³/mol. The van der Waals surface area contributed by atoms with Gasteiger partial charge >= 0.3 is 6.03 Å². The van der Waals surface area contributed by atoms with Gasteiger partial charge in [-0.2, -0.15) is 0 Å². The molecule has 0 unspecified atom stereocenters. The zero-order valence-electron chi connectivity index (χ0n) is 14.5. The van der Waals surface area contributed by atoms with Crippen LogP contribution in [0.1, 0.15) is 31.9 Å². The monoisotopic (exact) mass is 320 g/mol. The van der Waals surface area contributed by atoms with E-state index < -0.39 is 5.60 Å². The number of carbonyl (C=O) groups is 1. The summed E-state index contributed by atoms with van der Waals surface area (Å²) in [5.74, 6) is 0. The molecule has 2 N–H and O–H groups in total. The Morgan fingerprint density at radius 3 is 2.83 bits per heavy atom. The normalized spacial score (nSPS) is 19.7. The number of carbonyl (C=O) groups excluding carboxylic acids is 1. The number of aryl methyl sites for hydroxylation is 1. The van der Waals surface area contributed by atoms with Crippen molar-refractivity contribution in [3.63, 3.8) is 0 Å². The number of aliphatic hydroxyl groups is 1. The Bertz CT molecular complexity index is 542. The molecule has 1 atom stereocenters. The minimum absolute atomic E-state index is 0.0309. The molecule has 0 spiro atoms. The predicted octanol–water partition coefficient (Wildman–Crippen LogP) is 1.38. The zero-order chi connectivity index (χ0) is 17.0. The highest BCUT2D eigenvalue weighted by Gasteiger charge is 2.29. The standard InChI is InChI=1S/C17H28N4O2/c1-13-9-18-6-5-15(13)10-19-16(22)21-8-7-20(11-14(21)2)12-17(3,4)23/h5-6,9,14,23H,7-8,10-12H2,1-4H3,(H,19,22)/t14-/m0/s1. The fourth-order valence-electron chi connectivity index (χ4n) is 3.00. The lowest BCUT2D eigenvalue weighted by molar-refractivity contribution is 0.0119. The van der Waals surface area contributed by atoms with E-state index in [1.165, 1.54) is 0 Å². The number of rotatable bonds is 4. The topological polar surface area (TPSA) is 68.7 Å². The van der Waals surface area contributed by atoms with Crippen molar-refractivity contribution in [3.05, 3.63) is 29.6 Å². The Hall–Kier alpha value is -1.66.